The molecule has 1 aliphatic heterocycles. The van der Waals surface area contributed by atoms with E-state index in [1.165, 1.54) is 4.70 Å². The molecule has 0 aromatic carbocycles. The smallest absolute Gasteiger partial charge is 0.0670 e. The number of allylic oxidation sites excluding steroid dienone is 2. The van der Waals surface area contributed by atoms with Gasteiger partial charge in [-0.2, -0.15) is 0 Å². The van der Waals surface area contributed by atoms with Gasteiger partial charge in [0.1, 0.15) is 0 Å². The number of nitrogens with one attached hydrogen (secondary N) is 1. The normalized spacial score (nSPS) is 14.6. The van der Waals surface area contributed by atoms with Gasteiger partial charge in [0.05, 0.1) is 0 Å². The molecule has 0 radical (unpaired) electrons. The first-order valence-electron chi connectivity index (χ1n) is 1.74. The quantitative estimate of drug-likeness (QED) is 0.381. The minimum Gasteiger partial charge on any atom is -0.0670 e. The summed E-state index contributed by atoms with van der Waals surface area (Å²) in [4.78, 5) is 0. The van der Waals surface area contributed by atoms with Gasteiger partial charge in [0.2, 0.25) is 12.4 Å². The molecule has 0 bridgehead atoms. The molecule has 38 valence electrons. The first-order chi connectivity index (χ1) is 2.89. The van der Waals surface area contributed by atoms with Crippen molar-refractivity contribution in [2.75, 3.05) is 0 Å². The van der Waals surface area contributed by atoms with Crippen molar-refractivity contribution in [3.8, 4) is 0 Å². The molecule has 1 N–H and O–H groups in total. The van der Waals surface area contributed by atoms with Crippen molar-refractivity contribution in [3.05, 3.63) is 24.6 Å². The maximum Gasteiger partial charge on any atom is 0.201 e. The minimum absolute atomic E-state index is 0. The number of hydrogen-bond donors (Lipinski definition) is 1. The third-order valence-electron chi connectivity index (χ3n) is 0.604. The van der Waals surface area contributed by atoms with Crippen LogP contribution in [0.2, 0.25) is 0 Å². The van der Waals surface area contributed by atoms with Crippen LogP contribution in [-0.4, -0.2) is 4.70 Å². The molecule has 1 aliphatic rings. The Morgan fingerprint density at radius 2 is 1.57 bits per heavy atom. The van der Waals surface area contributed by atoms with Crippen molar-refractivity contribution >= 4 is 0 Å². The molecule has 1 rings (SSSR count). The molecule has 1 heterocycles. The average molecular weight is 137 g/mol. The fourth-order valence-corrected chi connectivity index (χ4v) is 0.335. The van der Waals surface area contributed by atoms with Crippen molar-refractivity contribution in [1.82, 2.24) is 0 Å². The summed E-state index contributed by atoms with van der Waals surface area (Å²) in [6, 6.07) is 0. The zero-order chi connectivity index (χ0) is 4.41. The van der Waals surface area contributed by atoms with Crippen molar-refractivity contribution in [1.29, 1.82) is 5.53 Å². The Morgan fingerprint density at radius 1 is 1.14 bits per heavy atom. The Kier molecular flexibility index (Phi) is 2.56. The van der Waals surface area contributed by atoms with Gasteiger partial charge < -0.3 is 0 Å². The van der Waals surface area contributed by atoms with Crippen LogP contribution in [0.25, 0.3) is 0 Å². The van der Waals surface area contributed by atoms with Gasteiger partial charge in [-0.3, -0.25) is 0 Å². The molecule has 0 fully saturated rings. The van der Waals surface area contributed by atoms with Crippen LogP contribution >= 0.6 is 0 Å². The predicted molar refractivity (Wildman–Crippen MR) is 21.3 cm³/mol. The molecule has 0 saturated carbocycles. The second kappa shape index (κ2) is 2.72. The molecular weight excluding hydrogens is 132 g/mol. The molecule has 0 atom stereocenters. The Bertz CT molecular complexity index is 112. The zero-order valence-corrected chi connectivity index (χ0v) is 4.71. The molecule has 0 aromatic heterocycles. The first-order valence-corrected chi connectivity index (χ1v) is 1.74. The molecule has 0 aromatic rings. The van der Waals surface area contributed by atoms with E-state index in [1.807, 2.05) is 12.2 Å². The van der Waals surface area contributed by atoms with Gasteiger partial charge in [-0.1, -0.05) is 4.70 Å². The number of hydrogen-bond acceptors (Lipinski definition) is 1. The van der Waals surface area contributed by atoms with Crippen molar-refractivity contribution in [2.45, 2.75) is 0 Å². The van der Waals surface area contributed by atoms with E-state index >= 15 is 0 Å². The summed E-state index contributed by atoms with van der Waals surface area (Å²) in [5.41, 5.74) is 6.79. The molecular formula is C4H5FeN2+. The van der Waals surface area contributed by atoms with Crippen molar-refractivity contribution < 1.29 is 21.8 Å². The SMILES string of the molecule is N=[N+]1C=CC=C1.[Fe]. The van der Waals surface area contributed by atoms with E-state index in [0.717, 1.165) is 0 Å². The van der Waals surface area contributed by atoms with Gasteiger partial charge in [0.25, 0.3) is 0 Å². The Hall–Kier alpha value is -0.401. The van der Waals surface area contributed by atoms with Crippen LogP contribution in [0.15, 0.2) is 24.6 Å². The largest absolute Gasteiger partial charge is 0.201 e. The standard InChI is InChI=1S/C4H5N2.Fe/c5-6-3-1-2-4-6;/h1-5H;/q+1;. The molecule has 2 nitrogen and oxygen atoms in total. The minimum atomic E-state index is 0. The van der Waals surface area contributed by atoms with E-state index in [1.54, 1.807) is 12.4 Å². The fraction of sp³-hybridized carbons (Fsp3) is 0. The number of nitrogens with zero attached hydrogens (tertiary/aromatic N) is 1. The molecule has 0 spiro atoms. The summed E-state index contributed by atoms with van der Waals surface area (Å²) in [6.07, 6.45) is 6.96. The van der Waals surface area contributed by atoms with Crippen LogP contribution in [0, 0.1) is 5.53 Å². The van der Waals surface area contributed by atoms with Crippen LogP contribution in [0.5, 0.6) is 0 Å². The summed E-state index contributed by atoms with van der Waals surface area (Å²) >= 11 is 0. The maximum atomic E-state index is 6.79. The third-order valence-corrected chi connectivity index (χ3v) is 0.604. The molecule has 0 saturated heterocycles. The Morgan fingerprint density at radius 3 is 1.71 bits per heavy atom. The van der Waals surface area contributed by atoms with Gasteiger partial charge >= 0.3 is 0 Å². The Labute approximate surface area is 52.5 Å². The van der Waals surface area contributed by atoms with Crippen LogP contribution in [-0.2, 0) is 17.1 Å². The first kappa shape index (κ1) is 6.60. The van der Waals surface area contributed by atoms with Crippen LogP contribution in [0.3, 0.4) is 0 Å². The van der Waals surface area contributed by atoms with Gasteiger partial charge in [0.15, 0.2) is 0 Å². The maximum absolute atomic E-state index is 6.79. The number of rotatable bonds is 0. The topological polar surface area (TPSA) is 26.9 Å². The average Bonchev–Trinajstić information content (AvgIpc) is 1.86. The summed E-state index contributed by atoms with van der Waals surface area (Å²) < 4.78 is 1.25. The summed E-state index contributed by atoms with van der Waals surface area (Å²) in [5, 5.41) is 0. The second-order valence-corrected chi connectivity index (χ2v) is 1.09. The fourth-order valence-electron chi connectivity index (χ4n) is 0.335. The van der Waals surface area contributed by atoms with Crippen LogP contribution in [0.4, 0.5) is 0 Å². The molecule has 0 amide bonds. The second-order valence-electron chi connectivity index (χ2n) is 1.09. The molecule has 7 heavy (non-hydrogen) atoms. The van der Waals surface area contributed by atoms with E-state index in [0.29, 0.717) is 0 Å². The zero-order valence-electron chi connectivity index (χ0n) is 3.61. The van der Waals surface area contributed by atoms with E-state index in [9.17, 15) is 0 Å². The van der Waals surface area contributed by atoms with Gasteiger partial charge in [-0.05, 0) is 5.53 Å². The Balaban J connectivity index is 0.000000360. The molecule has 0 aliphatic carbocycles. The third kappa shape index (κ3) is 1.67. The van der Waals surface area contributed by atoms with Crippen molar-refractivity contribution in [3.63, 3.8) is 0 Å². The summed E-state index contributed by atoms with van der Waals surface area (Å²) in [6.45, 7) is 0. The van der Waals surface area contributed by atoms with Gasteiger partial charge in [-0.15, -0.1) is 0 Å². The van der Waals surface area contributed by atoms with Crippen molar-refractivity contribution in [2.24, 2.45) is 0 Å². The van der Waals surface area contributed by atoms with E-state index in [-0.39, 0.29) is 17.1 Å². The van der Waals surface area contributed by atoms with Gasteiger partial charge in [-0.25, -0.2) is 0 Å². The van der Waals surface area contributed by atoms with E-state index < -0.39 is 0 Å². The van der Waals surface area contributed by atoms with E-state index in [4.69, 9.17) is 5.53 Å². The van der Waals surface area contributed by atoms with E-state index in [2.05, 4.69) is 0 Å². The van der Waals surface area contributed by atoms with Crippen LogP contribution in [0.1, 0.15) is 0 Å². The molecule has 0 unspecified atom stereocenters. The summed E-state index contributed by atoms with van der Waals surface area (Å²) in [7, 11) is 0. The monoisotopic (exact) mass is 137 g/mol. The predicted octanol–water partition coefficient (Wildman–Crippen LogP) is 1.07. The molecule has 3 heteroatoms. The summed E-state index contributed by atoms with van der Waals surface area (Å²) in [5.74, 6) is 0. The van der Waals surface area contributed by atoms with Gasteiger partial charge in [0, 0.05) is 29.2 Å². The van der Waals surface area contributed by atoms with Crippen LogP contribution < -0.4 is 0 Å².